The molecule has 136 valence electrons. The van der Waals surface area contributed by atoms with E-state index in [9.17, 15) is 15.3 Å². The Hall–Kier alpha value is -1.74. The third-order valence-corrected chi connectivity index (χ3v) is 5.23. The van der Waals surface area contributed by atoms with Crippen LogP contribution in [0, 0.1) is 0 Å². The molecule has 0 radical (unpaired) electrons. The SMILES string of the molecule is OC[C@H]1O[C@@H](n2cnc3c(NC4CCCCC4)nccc32)[C@@H](O)C1O. The zero-order valence-corrected chi connectivity index (χ0v) is 14.0. The van der Waals surface area contributed by atoms with Crippen molar-refractivity contribution in [2.24, 2.45) is 0 Å². The average Bonchev–Trinajstić information content (AvgIpc) is 3.18. The average molecular weight is 348 g/mol. The molecule has 2 aromatic heterocycles. The summed E-state index contributed by atoms with van der Waals surface area (Å²) in [6.45, 7) is -0.350. The van der Waals surface area contributed by atoms with Gasteiger partial charge in [-0.25, -0.2) is 9.97 Å². The molecule has 0 aromatic carbocycles. The summed E-state index contributed by atoms with van der Waals surface area (Å²) in [5.41, 5.74) is 1.48. The van der Waals surface area contributed by atoms with E-state index in [1.165, 1.54) is 19.3 Å². The van der Waals surface area contributed by atoms with Crippen molar-refractivity contribution in [2.75, 3.05) is 11.9 Å². The van der Waals surface area contributed by atoms with Gasteiger partial charge < -0.3 is 29.9 Å². The molecule has 2 aliphatic rings. The van der Waals surface area contributed by atoms with Crippen LogP contribution in [-0.4, -0.2) is 60.8 Å². The summed E-state index contributed by atoms with van der Waals surface area (Å²) >= 11 is 0. The number of aliphatic hydroxyl groups excluding tert-OH is 3. The van der Waals surface area contributed by atoms with E-state index in [0.717, 1.165) is 24.2 Å². The molecule has 2 aromatic rings. The van der Waals surface area contributed by atoms with Gasteiger partial charge in [0.2, 0.25) is 0 Å². The molecular formula is C17H24N4O4. The van der Waals surface area contributed by atoms with E-state index in [1.807, 2.05) is 6.07 Å². The maximum atomic E-state index is 10.3. The van der Waals surface area contributed by atoms with Crippen LogP contribution in [-0.2, 0) is 4.74 Å². The van der Waals surface area contributed by atoms with Crippen LogP contribution in [0.15, 0.2) is 18.6 Å². The molecule has 1 aliphatic carbocycles. The second kappa shape index (κ2) is 6.87. The van der Waals surface area contributed by atoms with Crippen LogP contribution in [0.4, 0.5) is 5.82 Å². The lowest BCUT2D eigenvalue weighted by Crippen LogP contribution is -2.33. The highest BCUT2D eigenvalue weighted by Gasteiger charge is 2.43. The van der Waals surface area contributed by atoms with Crippen molar-refractivity contribution in [1.82, 2.24) is 14.5 Å². The van der Waals surface area contributed by atoms with Crippen molar-refractivity contribution in [1.29, 1.82) is 0 Å². The van der Waals surface area contributed by atoms with Gasteiger partial charge in [-0.2, -0.15) is 0 Å². The molecule has 4 rings (SSSR count). The fourth-order valence-corrected chi connectivity index (χ4v) is 3.82. The molecular weight excluding hydrogens is 324 g/mol. The first-order valence-corrected chi connectivity index (χ1v) is 8.89. The van der Waals surface area contributed by atoms with E-state index >= 15 is 0 Å². The lowest BCUT2D eigenvalue weighted by Gasteiger charge is -2.23. The van der Waals surface area contributed by atoms with Crippen molar-refractivity contribution in [2.45, 2.75) is 62.7 Å². The maximum Gasteiger partial charge on any atom is 0.164 e. The van der Waals surface area contributed by atoms with Crippen molar-refractivity contribution in [3.05, 3.63) is 18.6 Å². The van der Waals surface area contributed by atoms with Crippen molar-refractivity contribution in [3.63, 3.8) is 0 Å². The van der Waals surface area contributed by atoms with Gasteiger partial charge in [0.05, 0.1) is 18.5 Å². The Bertz CT molecular complexity index is 731. The predicted molar refractivity (Wildman–Crippen MR) is 91.0 cm³/mol. The highest BCUT2D eigenvalue weighted by atomic mass is 16.6. The Morgan fingerprint density at radius 3 is 2.68 bits per heavy atom. The Kier molecular flexibility index (Phi) is 4.60. The molecule has 3 heterocycles. The molecule has 0 amide bonds. The normalized spacial score (nSPS) is 30.8. The summed E-state index contributed by atoms with van der Waals surface area (Å²) in [7, 11) is 0. The number of hydrogen-bond acceptors (Lipinski definition) is 7. The van der Waals surface area contributed by atoms with Gasteiger partial charge in [0.1, 0.15) is 23.8 Å². The highest BCUT2D eigenvalue weighted by Crippen LogP contribution is 2.33. The number of rotatable bonds is 4. The molecule has 4 N–H and O–H groups in total. The summed E-state index contributed by atoms with van der Waals surface area (Å²) < 4.78 is 7.30. The molecule has 1 unspecified atom stereocenters. The first-order chi connectivity index (χ1) is 12.2. The van der Waals surface area contributed by atoms with E-state index in [1.54, 1.807) is 17.1 Å². The number of nitrogens with one attached hydrogen (secondary N) is 1. The third-order valence-electron chi connectivity index (χ3n) is 5.23. The lowest BCUT2D eigenvalue weighted by atomic mass is 9.95. The Labute approximate surface area is 145 Å². The molecule has 1 saturated heterocycles. The van der Waals surface area contributed by atoms with Crippen LogP contribution in [0.25, 0.3) is 11.0 Å². The van der Waals surface area contributed by atoms with Crippen LogP contribution in [0.5, 0.6) is 0 Å². The molecule has 0 bridgehead atoms. The number of pyridine rings is 1. The molecule has 2 fully saturated rings. The molecule has 1 saturated carbocycles. The van der Waals surface area contributed by atoms with Gasteiger partial charge in [-0.3, -0.25) is 0 Å². The summed E-state index contributed by atoms with van der Waals surface area (Å²) in [6.07, 6.45) is 5.44. The third kappa shape index (κ3) is 2.99. The first-order valence-electron chi connectivity index (χ1n) is 8.89. The fourth-order valence-electron chi connectivity index (χ4n) is 3.82. The number of imidazole rings is 1. The Morgan fingerprint density at radius 2 is 1.96 bits per heavy atom. The van der Waals surface area contributed by atoms with E-state index in [0.29, 0.717) is 11.6 Å². The van der Waals surface area contributed by atoms with E-state index in [4.69, 9.17) is 4.74 Å². The zero-order valence-electron chi connectivity index (χ0n) is 14.0. The highest BCUT2D eigenvalue weighted by molar-refractivity contribution is 5.86. The second-order valence-electron chi connectivity index (χ2n) is 6.89. The minimum absolute atomic E-state index is 0.350. The van der Waals surface area contributed by atoms with Crippen LogP contribution in [0.3, 0.4) is 0 Å². The number of aliphatic hydroxyl groups is 3. The molecule has 8 heteroatoms. The number of hydrogen-bond donors (Lipinski definition) is 4. The Balaban J connectivity index is 1.62. The molecule has 1 aliphatic heterocycles. The number of nitrogens with zero attached hydrogens (tertiary/aromatic N) is 3. The monoisotopic (exact) mass is 348 g/mol. The number of ether oxygens (including phenoxy) is 1. The minimum Gasteiger partial charge on any atom is -0.394 e. The number of anilines is 1. The Morgan fingerprint density at radius 1 is 1.16 bits per heavy atom. The van der Waals surface area contributed by atoms with E-state index in [2.05, 4.69) is 15.3 Å². The van der Waals surface area contributed by atoms with Gasteiger partial charge in [-0.05, 0) is 18.9 Å². The van der Waals surface area contributed by atoms with Gasteiger partial charge in [0.15, 0.2) is 12.0 Å². The van der Waals surface area contributed by atoms with Gasteiger partial charge in [0, 0.05) is 12.2 Å². The van der Waals surface area contributed by atoms with Crippen molar-refractivity contribution in [3.8, 4) is 0 Å². The van der Waals surface area contributed by atoms with Crippen LogP contribution < -0.4 is 5.32 Å². The van der Waals surface area contributed by atoms with Gasteiger partial charge in [0.25, 0.3) is 0 Å². The van der Waals surface area contributed by atoms with Gasteiger partial charge in [-0.1, -0.05) is 19.3 Å². The lowest BCUT2D eigenvalue weighted by molar-refractivity contribution is -0.0508. The topological polar surface area (TPSA) is 113 Å². The van der Waals surface area contributed by atoms with E-state index < -0.39 is 24.5 Å². The van der Waals surface area contributed by atoms with Crippen molar-refractivity contribution < 1.29 is 20.1 Å². The van der Waals surface area contributed by atoms with Crippen LogP contribution in [0.2, 0.25) is 0 Å². The molecule has 25 heavy (non-hydrogen) atoms. The first kappa shape index (κ1) is 16.7. The van der Waals surface area contributed by atoms with Gasteiger partial charge in [-0.15, -0.1) is 0 Å². The smallest absolute Gasteiger partial charge is 0.164 e. The summed E-state index contributed by atoms with van der Waals surface area (Å²) in [6, 6.07) is 2.22. The standard InChI is InChI=1S/C17H24N4O4/c22-8-12-14(23)15(24)17(25-12)21-9-19-13-11(21)6-7-18-16(13)20-10-4-2-1-3-5-10/h6-7,9-10,12,14-15,17,22-24H,1-5,8H2,(H,18,20)/t12-,14?,15+,17-/m1/s1. The summed E-state index contributed by atoms with van der Waals surface area (Å²) in [4.78, 5) is 8.87. The molecule has 8 nitrogen and oxygen atoms in total. The second-order valence-corrected chi connectivity index (χ2v) is 6.89. The fraction of sp³-hybridized carbons (Fsp3) is 0.647. The van der Waals surface area contributed by atoms with Gasteiger partial charge >= 0.3 is 0 Å². The summed E-state index contributed by atoms with van der Waals surface area (Å²) in [5, 5.41) is 33.0. The van der Waals surface area contributed by atoms with Crippen molar-refractivity contribution >= 4 is 16.9 Å². The summed E-state index contributed by atoms with van der Waals surface area (Å²) in [5.74, 6) is 0.731. The minimum atomic E-state index is -1.13. The quantitative estimate of drug-likeness (QED) is 0.646. The number of aromatic nitrogens is 3. The maximum absolute atomic E-state index is 10.3. The predicted octanol–water partition coefficient (Wildman–Crippen LogP) is 0.787. The molecule has 0 spiro atoms. The largest absolute Gasteiger partial charge is 0.394 e. The van der Waals surface area contributed by atoms with Crippen LogP contribution in [0.1, 0.15) is 38.3 Å². The molecule has 4 atom stereocenters. The van der Waals surface area contributed by atoms with Crippen LogP contribution >= 0.6 is 0 Å². The number of fused-ring (bicyclic) bond motifs is 1. The van der Waals surface area contributed by atoms with E-state index in [-0.39, 0.29) is 6.61 Å². The zero-order chi connectivity index (χ0) is 17.4.